The van der Waals surface area contributed by atoms with Crippen LogP contribution in [0.25, 0.3) is 0 Å². The fourth-order valence-electron chi connectivity index (χ4n) is 8.31. The van der Waals surface area contributed by atoms with Gasteiger partial charge in [0.25, 0.3) is 0 Å². The Kier molecular flexibility index (Phi) is 6.31. The standard InChI is InChI=1S/C26H42O2S/c1-17(7-5-4-6-14-29)20-8-9-21-24-22(11-13-26(20,21)3)25(2)12-10-19(27)15-18(25)16-23(24)28/h16-17,19-22,24,27,29H,4-15H2,1-3H3/t17-,19+,20-,21+,22+,24+,25+,26-/m1/s1. The number of thiol groups is 1. The molecule has 3 fully saturated rings. The van der Waals surface area contributed by atoms with Gasteiger partial charge in [-0.25, -0.2) is 0 Å². The largest absolute Gasteiger partial charge is 0.393 e. The average Bonchev–Trinajstić information content (AvgIpc) is 3.04. The van der Waals surface area contributed by atoms with Crippen LogP contribution >= 0.6 is 12.6 Å². The molecule has 3 saturated carbocycles. The molecule has 0 aromatic rings. The highest BCUT2D eigenvalue weighted by Gasteiger charge is 2.61. The summed E-state index contributed by atoms with van der Waals surface area (Å²) in [5, 5.41) is 10.2. The number of ketones is 1. The van der Waals surface area contributed by atoms with Crippen molar-refractivity contribution in [2.75, 3.05) is 5.75 Å². The number of aliphatic hydroxyl groups excluding tert-OH is 1. The van der Waals surface area contributed by atoms with Crippen molar-refractivity contribution in [3.63, 3.8) is 0 Å². The molecule has 0 radical (unpaired) electrons. The molecule has 0 spiro atoms. The second-order valence-corrected chi connectivity index (χ2v) is 11.9. The van der Waals surface area contributed by atoms with Crippen molar-refractivity contribution < 1.29 is 9.90 Å². The molecule has 4 aliphatic rings. The molecule has 2 nitrogen and oxygen atoms in total. The Hall–Kier alpha value is -0.280. The van der Waals surface area contributed by atoms with Gasteiger partial charge in [-0.2, -0.15) is 12.6 Å². The van der Waals surface area contributed by atoms with Crippen molar-refractivity contribution in [3.8, 4) is 0 Å². The minimum atomic E-state index is -0.244. The van der Waals surface area contributed by atoms with Gasteiger partial charge in [-0.15, -0.1) is 0 Å². The molecule has 29 heavy (non-hydrogen) atoms. The summed E-state index contributed by atoms with van der Waals surface area (Å²) < 4.78 is 0. The summed E-state index contributed by atoms with van der Waals surface area (Å²) in [5.41, 5.74) is 1.75. The number of rotatable bonds is 6. The zero-order valence-corrected chi connectivity index (χ0v) is 19.7. The van der Waals surface area contributed by atoms with E-state index in [0.29, 0.717) is 23.0 Å². The minimum absolute atomic E-state index is 0.149. The molecule has 0 aromatic heterocycles. The van der Waals surface area contributed by atoms with Crippen molar-refractivity contribution >= 4 is 18.4 Å². The highest BCUT2D eigenvalue weighted by Crippen LogP contribution is 2.66. The van der Waals surface area contributed by atoms with E-state index in [1.54, 1.807) is 0 Å². The Labute approximate surface area is 183 Å². The normalized spacial score (nSPS) is 45.2. The van der Waals surface area contributed by atoms with Gasteiger partial charge in [-0.05, 0) is 97.7 Å². The van der Waals surface area contributed by atoms with Gasteiger partial charge in [0.1, 0.15) is 0 Å². The van der Waals surface area contributed by atoms with Crippen molar-refractivity contribution in [1.29, 1.82) is 0 Å². The molecule has 3 heteroatoms. The van der Waals surface area contributed by atoms with Crippen LogP contribution in [0.5, 0.6) is 0 Å². The zero-order valence-electron chi connectivity index (χ0n) is 18.8. The third-order valence-corrected chi connectivity index (χ3v) is 10.3. The fourth-order valence-corrected chi connectivity index (χ4v) is 8.54. The second kappa shape index (κ2) is 8.34. The van der Waals surface area contributed by atoms with Crippen LogP contribution < -0.4 is 0 Å². The molecular formula is C26H42O2S. The highest BCUT2D eigenvalue weighted by molar-refractivity contribution is 7.80. The zero-order chi connectivity index (χ0) is 20.8. The number of allylic oxidation sites excluding steroid dienone is 1. The highest BCUT2D eigenvalue weighted by atomic mass is 32.1. The van der Waals surface area contributed by atoms with Crippen molar-refractivity contribution in [3.05, 3.63) is 11.6 Å². The minimum Gasteiger partial charge on any atom is -0.393 e. The molecule has 0 heterocycles. The first-order valence-electron chi connectivity index (χ1n) is 12.3. The Morgan fingerprint density at radius 1 is 1.10 bits per heavy atom. The number of hydrogen-bond donors (Lipinski definition) is 2. The van der Waals surface area contributed by atoms with Crippen LogP contribution in [-0.2, 0) is 4.79 Å². The number of hydrogen-bond acceptors (Lipinski definition) is 3. The average molecular weight is 419 g/mol. The predicted molar refractivity (Wildman–Crippen MR) is 123 cm³/mol. The summed E-state index contributed by atoms with van der Waals surface area (Å²) in [6.45, 7) is 7.43. The van der Waals surface area contributed by atoms with Gasteiger partial charge in [0.05, 0.1) is 6.10 Å². The topological polar surface area (TPSA) is 37.3 Å². The van der Waals surface area contributed by atoms with Gasteiger partial charge in [0.15, 0.2) is 5.78 Å². The van der Waals surface area contributed by atoms with E-state index in [2.05, 4.69) is 33.4 Å². The van der Waals surface area contributed by atoms with Gasteiger partial charge in [0, 0.05) is 5.92 Å². The summed E-state index contributed by atoms with van der Waals surface area (Å²) in [6.07, 6.45) is 14.7. The van der Waals surface area contributed by atoms with Gasteiger partial charge in [0.2, 0.25) is 0 Å². The second-order valence-electron chi connectivity index (χ2n) is 11.4. The summed E-state index contributed by atoms with van der Waals surface area (Å²) in [6, 6.07) is 0. The van der Waals surface area contributed by atoms with E-state index in [1.807, 2.05) is 6.08 Å². The van der Waals surface area contributed by atoms with E-state index < -0.39 is 0 Å². The van der Waals surface area contributed by atoms with Gasteiger partial charge < -0.3 is 5.11 Å². The molecule has 0 unspecified atom stereocenters. The number of carbonyl (C=O) groups is 1. The molecule has 0 saturated heterocycles. The Morgan fingerprint density at radius 2 is 1.90 bits per heavy atom. The monoisotopic (exact) mass is 418 g/mol. The summed E-state index contributed by atoms with van der Waals surface area (Å²) in [7, 11) is 0. The maximum atomic E-state index is 13.4. The molecule has 0 amide bonds. The number of aliphatic hydroxyl groups is 1. The van der Waals surface area contributed by atoms with Crippen molar-refractivity contribution in [2.45, 2.75) is 97.5 Å². The molecule has 4 rings (SSSR count). The van der Waals surface area contributed by atoms with E-state index in [0.717, 1.165) is 36.9 Å². The molecule has 0 bridgehead atoms. The quantitative estimate of drug-likeness (QED) is 0.396. The van der Waals surface area contributed by atoms with E-state index in [-0.39, 0.29) is 17.4 Å². The third kappa shape index (κ3) is 3.67. The predicted octanol–water partition coefficient (Wildman–Crippen LogP) is 6.23. The Morgan fingerprint density at radius 3 is 2.66 bits per heavy atom. The van der Waals surface area contributed by atoms with Gasteiger partial charge in [-0.3, -0.25) is 4.79 Å². The van der Waals surface area contributed by atoms with Crippen LogP contribution in [0.4, 0.5) is 0 Å². The molecule has 4 aliphatic carbocycles. The van der Waals surface area contributed by atoms with E-state index in [9.17, 15) is 9.90 Å². The number of unbranched alkanes of at least 4 members (excludes halogenated alkanes) is 2. The van der Waals surface area contributed by atoms with Crippen LogP contribution in [0.2, 0.25) is 0 Å². The Balaban J connectivity index is 1.53. The molecule has 1 N–H and O–H groups in total. The lowest BCUT2D eigenvalue weighted by atomic mass is 9.46. The third-order valence-electron chi connectivity index (χ3n) is 10.00. The number of fused-ring (bicyclic) bond motifs is 5. The van der Waals surface area contributed by atoms with Gasteiger partial charge >= 0.3 is 0 Å². The summed E-state index contributed by atoms with van der Waals surface area (Å²) in [5.74, 6) is 4.27. The van der Waals surface area contributed by atoms with Gasteiger partial charge in [-0.1, -0.05) is 45.6 Å². The molecule has 0 aromatic carbocycles. The van der Waals surface area contributed by atoms with E-state index >= 15 is 0 Å². The van der Waals surface area contributed by atoms with Crippen molar-refractivity contribution in [2.24, 2.45) is 40.4 Å². The molecule has 0 aliphatic heterocycles. The lowest BCUT2D eigenvalue weighted by Gasteiger charge is -2.57. The van der Waals surface area contributed by atoms with E-state index in [4.69, 9.17) is 0 Å². The van der Waals surface area contributed by atoms with Crippen LogP contribution in [0.15, 0.2) is 11.6 Å². The maximum Gasteiger partial charge on any atom is 0.159 e. The van der Waals surface area contributed by atoms with E-state index in [1.165, 1.54) is 56.9 Å². The SMILES string of the molecule is C[C@H](CCCCCS)[C@H]1CC[C@H]2[C@@H]3C(=O)C=C4C[C@@H](O)CC[C@]4(C)[C@H]3CC[C@]12C. The molecular weight excluding hydrogens is 376 g/mol. The number of carbonyl (C=O) groups excluding carboxylic acids is 1. The van der Waals surface area contributed by atoms with Crippen LogP contribution in [0.1, 0.15) is 91.4 Å². The summed E-state index contributed by atoms with van der Waals surface area (Å²) in [4.78, 5) is 13.4. The first kappa shape index (κ1) is 21.9. The van der Waals surface area contributed by atoms with Crippen molar-refractivity contribution in [1.82, 2.24) is 0 Å². The Bertz CT molecular complexity index is 657. The van der Waals surface area contributed by atoms with Crippen LogP contribution in [-0.4, -0.2) is 22.7 Å². The van der Waals surface area contributed by atoms with Crippen LogP contribution in [0.3, 0.4) is 0 Å². The lowest BCUT2D eigenvalue weighted by molar-refractivity contribution is -0.135. The first-order valence-corrected chi connectivity index (χ1v) is 13.0. The lowest BCUT2D eigenvalue weighted by Crippen LogP contribution is -2.53. The van der Waals surface area contributed by atoms with Crippen LogP contribution in [0, 0.1) is 40.4 Å². The molecule has 8 atom stereocenters. The maximum absolute atomic E-state index is 13.4. The first-order chi connectivity index (χ1) is 13.8. The fraction of sp³-hybridized carbons (Fsp3) is 0.885. The summed E-state index contributed by atoms with van der Waals surface area (Å²) >= 11 is 4.35. The molecule has 164 valence electrons. The smallest absolute Gasteiger partial charge is 0.159 e.